The second kappa shape index (κ2) is 6.90. The number of nitrogens with two attached hydrogens (primary N) is 1. The minimum Gasteiger partial charge on any atom is -0.352 e. The minimum atomic E-state index is 0.0412. The SMILES string of the molecule is CC1CCC(CN)(N(C)CC(=O)NC2CCCC2)CC1. The van der Waals surface area contributed by atoms with Crippen LogP contribution in [-0.2, 0) is 4.79 Å². The van der Waals surface area contributed by atoms with Crippen LogP contribution in [0.2, 0.25) is 0 Å². The lowest BCUT2D eigenvalue weighted by atomic mass is 9.76. The first kappa shape index (κ1) is 15.8. The Labute approximate surface area is 123 Å². The molecule has 116 valence electrons. The Morgan fingerprint density at radius 2 is 1.85 bits per heavy atom. The largest absolute Gasteiger partial charge is 0.352 e. The number of nitrogens with zero attached hydrogens (tertiary/aromatic N) is 1. The van der Waals surface area contributed by atoms with E-state index in [1.165, 1.54) is 25.7 Å². The minimum absolute atomic E-state index is 0.0412. The average molecular weight is 281 g/mol. The van der Waals surface area contributed by atoms with E-state index in [9.17, 15) is 4.79 Å². The number of hydrogen-bond acceptors (Lipinski definition) is 3. The van der Waals surface area contributed by atoms with E-state index in [2.05, 4.69) is 24.2 Å². The number of rotatable bonds is 5. The van der Waals surface area contributed by atoms with E-state index in [-0.39, 0.29) is 11.4 Å². The summed E-state index contributed by atoms with van der Waals surface area (Å²) in [5.41, 5.74) is 6.09. The van der Waals surface area contributed by atoms with Gasteiger partial charge in [0.15, 0.2) is 0 Å². The number of carbonyl (C=O) groups excluding carboxylic acids is 1. The van der Waals surface area contributed by atoms with E-state index in [0.717, 1.165) is 31.6 Å². The first-order chi connectivity index (χ1) is 9.55. The van der Waals surface area contributed by atoms with E-state index >= 15 is 0 Å². The monoisotopic (exact) mass is 281 g/mol. The quantitative estimate of drug-likeness (QED) is 0.809. The number of carbonyl (C=O) groups is 1. The second-order valence-electron chi connectivity index (χ2n) is 7.02. The summed E-state index contributed by atoms with van der Waals surface area (Å²) in [6.45, 7) is 3.46. The highest BCUT2D eigenvalue weighted by molar-refractivity contribution is 5.78. The van der Waals surface area contributed by atoms with Crippen LogP contribution in [0.1, 0.15) is 58.3 Å². The Balaban J connectivity index is 1.85. The van der Waals surface area contributed by atoms with Gasteiger partial charge in [0.25, 0.3) is 0 Å². The molecule has 20 heavy (non-hydrogen) atoms. The van der Waals surface area contributed by atoms with Gasteiger partial charge in [0, 0.05) is 18.1 Å². The van der Waals surface area contributed by atoms with Crippen LogP contribution in [0.5, 0.6) is 0 Å². The molecule has 4 nitrogen and oxygen atoms in total. The topological polar surface area (TPSA) is 58.4 Å². The van der Waals surface area contributed by atoms with Crippen molar-refractivity contribution in [2.45, 2.75) is 69.9 Å². The van der Waals surface area contributed by atoms with Crippen LogP contribution in [0.15, 0.2) is 0 Å². The molecule has 2 aliphatic rings. The summed E-state index contributed by atoms with van der Waals surface area (Å²) in [6, 6.07) is 0.413. The van der Waals surface area contributed by atoms with Gasteiger partial charge < -0.3 is 11.1 Å². The molecule has 0 aromatic heterocycles. The highest BCUT2D eigenvalue weighted by Gasteiger charge is 2.37. The molecule has 3 N–H and O–H groups in total. The lowest BCUT2D eigenvalue weighted by molar-refractivity contribution is -0.124. The third kappa shape index (κ3) is 3.73. The van der Waals surface area contributed by atoms with Crippen molar-refractivity contribution in [3.63, 3.8) is 0 Å². The molecule has 0 atom stereocenters. The van der Waals surface area contributed by atoms with Gasteiger partial charge >= 0.3 is 0 Å². The summed E-state index contributed by atoms with van der Waals surface area (Å²) in [5.74, 6) is 0.973. The second-order valence-corrected chi connectivity index (χ2v) is 7.02. The van der Waals surface area contributed by atoms with Crippen molar-refractivity contribution < 1.29 is 4.79 Å². The molecule has 2 saturated carbocycles. The van der Waals surface area contributed by atoms with Gasteiger partial charge in [0.1, 0.15) is 0 Å². The van der Waals surface area contributed by atoms with Crippen molar-refractivity contribution >= 4 is 5.91 Å². The van der Waals surface area contributed by atoms with Crippen LogP contribution >= 0.6 is 0 Å². The standard InChI is InChI=1S/C16H31N3O/c1-13-7-9-16(12-17,10-8-13)19(2)11-15(20)18-14-5-3-4-6-14/h13-14H,3-12,17H2,1-2H3,(H,18,20). The van der Waals surface area contributed by atoms with Gasteiger partial charge in [-0.05, 0) is 51.5 Å². The fourth-order valence-corrected chi connectivity index (χ4v) is 3.77. The molecular formula is C16H31N3O. The molecule has 4 heteroatoms. The Morgan fingerprint density at radius 3 is 2.40 bits per heavy atom. The first-order valence-electron chi connectivity index (χ1n) is 8.26. The molecular weight excluding hydrogens is 250 g/mol. The Morgan fingerprint density at radius 1 is 1.25 bits per heavy atom. The maximum Gasteiger partial charge on any atom is 0.234 e. The zero-order valence-corrected chi connectivity index (χ0v) is 13.2. The number of nitrogens with one attached hydrogen (secondary N) is 1. The normalized spacial score (nSPS) is 31.7. The maximum absolute atomic E-state index is 12.2. The molecule has 0 radical (unpaired) electrons. The Kier molecular flexibility index (Phi) is 5.44. The van der Waals surface area contributed by atoms with E-state index < -0.39 is 0 Å². The van der Waals surface area contributed by atoms with Gasteiger partial charge in [0.05, 0.1) is 6.54 Å². The van der Waals surface area contributed by atoms with E-state index in [4.69, 9.17) is 5.73 Å². The summed E-state index contributed by atoms with van der Waals surface area (Å²) in [5, 5.41) is 3.18. The third-order valence-corrected chi connectivity index (χ3v) is 5.50. The first-order valence-corrected chi connectivity index (χ1v) is 8.26. The van der Waals surface area contributed by atoms with E-state index in [1.54, 1.807) is 0 Å². The summed E-state index contributed by atoms with van der Waals surface area (Å²) >= 11 is 0. The van der Waals surface area contributed by atoms with Crippen LogP contribution in [0.4, 0.5) is 0 Å². The fourth-order valence-electron chi connectivity index (χ4n) is 3.77. The molecule has 1 amide bonds. The van der Waals surface area contributed by atoms with Gasteiger partial charge in [-0.3, -0.25) is 9.69 Å². The van der Waals surface area contributed by atoms with Gasteiger partial charge in [-0.2, -0.15) is 0 Å². The lowest BCUT2D eigenvalue weighted by Gasteiger charge is -2.45. The summed E-state index contributed by atoms with van der Waals surface area (Å²) in [4.78, 5) is 14.4. The smallest absolute Gasteiger partial charge is 0.234 e. The van der Waals surface area contributed by atoms with Crippen LogP contribution in [0.25, 0.3) is 0 Å². The molecule has 0 saturated heterocycles. The van der Waals surface area contributed by atoms with Crippen LogP contribution in [0, 0.1) is 5.92 Å². The number of likely N-dealkylation sites (N-methyl/N-ethyl adjacent to an activating group) is 1. The molecule has 0 aromatic carbocycles. The van der Waals surface area contributed by atoms with Crippen LogP contribution < -0.4 is 11.1 Å². The summed E-state index contributed by atoms with van der Waals surface area (Å²) in [6.07, 6.45) is 9.51. The number of amides is 1. The maximum atomic E-state index is 12.2. The van der Waals surface area contributed by atoms with Crippen molar-refractivity contribution in [3.8, 4) is 0 Å². The van der Waals surface area contributed by atoms with Crippen molar-refractivity contribution in [1.82, 2.24) is 10.2 Å². The van der Waals surface area contributed by atoms with Gasteiger partial charge in [-0.25, -0.2) is 0 Å². The molecule has 2 rings (SSSR count). The molecule has 0 aromatic rings. The van der Waals surface area contributed by atoms with Crippen LogP contribution in [-0.4, -0.2) is 42.5 Å². The van der Waals surface area contributed by atoms with Gasteiger partial charge in [-0.1, -0.05) is 19.8 Å². The molecule has 0 unspecified atom stereocenters. The highest BCUT2D eigenvalue weighted by Crippen LogP contribution is 2.35. The fraction of sp³-hybridized carbons (Fsp3) is 0.938. The predicted octanol–water partition coefficient (Wildman–Crippen LogP) is 1.88. The van der Waals surface area contributed by atoms with Gasteiger partial charge in [0.2, 0.25) is 5.91 Å². The van der Waals surface area contributed by atoms with Crippen molar-refractivity contribution in [1.29, 1.82) is 0 Å². The molecule has 0 aliphatic heterocycles. The number of hydrogen-bond donors (Lipinski definition) is 2. The molecule has 0 spiro atoms. The van der Waals surface area contributed by atoms with Crippen LogP contribution in [0.3, 0.4) is 0 Å². The summed E-state index contributed by atoms with van der Waals surface area (Å²) in [7, 11) is 2.07. The third-order valence-electron chi connectivity index (χ3n) is 5.50. The average Bonchev–Trinajstić information content (AvgIpc) is 2.92. The molecule has 2 aliphatic carbocycles. The van der Waals surface area contributed by atoms with Crippen molar-refractivity contribution in [2.75, 3.05) is 20.1 Å². The predicted molar refractivity (Wildman–Crippen MR) is 82.4 cm³/mol. The zero-order chi connectivity index (χ0) is 14.6. The van der Waals surface area contributed by atoms with Gasteiger partial charge in [-0.15, -0.1) is 0 Å². The van der Waals surface area contributed by atoms with Crippen molar-refractivity contribution in [3.05, 3.63) is 0 Å². The Hall–Kier alpha value is -0.610. The van der Waals surface area contributed by atoms with Crippen molar-refractivity contribution in [2.24, 2.45) is 11.7 Å². The molecule has 2 fully saturated rings. The zero-order valence-electron chi connectivity index (χ0n) is 13.2. The Bertz CT molecular complexity index is 318. The lowest BCUT2D eigenvalue weighted by Crippen LogP contribution is -2.56. The van der Waals surface area contributed by atoms with E-state index in [0.29, 0.717) is 19.1 Å². The molecule has 0 bridgehead atoms. The molecule has 0 heterocycles. The highest BCUT2D eigenvalue weighted by atomic mass is 16.2. The summed E-state index contributed by atoms with van der Waals surface area (Å²) < 4.78 is 0. The van der Waals surface area contributed by atoms with E-state index in [1.807, 2.05) is 0 Å².